The fourth-order valence-electron chi connectivity index (χ4n) is 2.15. The number of carbonyl (C=O) groups is 1. The third-order valence-corrected chi connectivity index (χ3v) is 3.23. The minimum absolute atomic E-state index is 0.471. The maximum Gasteiger partial charge on any atom is 0.321 e. The number of para-hydroxylation sites is 3. The van der Waals surface area contributed by atoms with Gasteiger partial charge in [-0.1, -0.05) is 30.3 Å². The summed E-state index contributed by atoms with van der Waals surface area (Å²) in [5, 5.41) is 2.86. The van der Waals surface area contributed by atoms with Crippen LogP contribution in [0.15, 0.2) is 48.5 Å². The van der Waals surface area contributed by atoms with Crippen LogP contribution in [0, 0.1) is 0 Å². The molecular formula is C14H11ClN2O. The molecule has 90 valence electrons. The Labute approximate surface area is 110 Å². The lowest BCUT2D eigenvalue weighted by Crippen LogP contribution is -2.24. The number of hydrogen-bond donors (Lipinski definition) is 1. The van der Waals surface area contributed by atoms with E-state index in [1.165, 1.54) is 0 Å². The average molecular weight is 259 g/mol. The van der Waals surface area contributed by atoms with Crippen molar-refractivity contribution in [1.82, 2.24) is 0 Å². The molecule has 3 rings (SSSR count). The third-order valence-electron chi connectivity index (χ3n) is 3.02. The Hall–Kier alpha value is -2.00. The molecule has 1 heterocycles. The van der Waals surface area contributed by atoms with Gasteiger partial charge in [0.25, 0.3) is 0 Å². The molecule has 2 aromatic rings. The first-order valence-corrected chi connectivity index (χ1v) is 6.04. The van der Waals surface area contributed by atoms with Gasteiger partial charge in [-0.2, -0.15) is 0 Å². The fraction of sp³-hybridized carbons (Fsp3) is 0.0714. The van der Waals surface area contributed by atoms with Crippen molar-refractivity contribution in [2.75, 3.05) is 10.2 Å². The van der Waals surface area contributed by atoms with E-state index in [2.05, 4.69) is 5.32 Å². The second-order valence-electron chi connectivity index (χ2n) is 4.14. The highest BCUT2D eigenvalue weighted by Gasteiger charge is 2.21. The normalized spacial score (nSPS) is 13.1. The van der Waals surface area contributed by atoms with Crippen molar-refractivity contribution >= 4 is 34.0 Å². The van der Waals surface area contributed by atoms with E-state index in [9.17, 15) is 4.79 Å². The molecule has 18 heavy (non-hydrogen) atoms. The number of carbonyl (C=O) groups excluding carboxylic acids is 1. The van der Waals surface area contributed by atoms with E-state index in [-0.39, 0.29) is 0 Å². The summed E-state index contributed by atoms with van der Waals surface area (Å²) in [5.41, 5.74) is 3.73. The third kappa shape index (κ3) is 1.83. The van der Waals surface area contributed by atoms with Crippen LogP contribution in [0.5, 0.6) is 0 Å². The van der Waals surface area contributed by atoms with Crippen LogP contribution in [-0.2, 0) is 6.54 Å². The summed E-state index contributed by atoms with van der Waals surface area (Å²) in [4.78, 5) is 13.2. The zero-order valence-corrected chi connectivity index (χ0v) is 10.3. The lowest BCUT2D eigenvalue weighted by atomic mass is 10.2. The first-order valence-electron chi connectivity index (χ1n) is 5.66. The minimum atomic E-state index is -0.471. The van der Waals surface area contributed by atoms with Crippen LogP contribution in [0.25, 0.3) is 0 Å². The monoisotopic (exact) mass is 258 g/mol. The van der Waals surface area contributed by atoms with E-state index in [1.807, 2.05) is 48.5 Å². The van der Waals surface area contributed by atoms with Gasteiger partial charge in [0.1, 0.15) is 0 Å². The maximum absolute atomic E-state index is 11.6. The van der Waals surface area contributed by atoms with Crippen LogP contribution in [-0.4, -0.2) is 5.37 Å². The summed E-state index contributed by atoms with van der Waals surface area (Å²) in [7, 11) is 0. The topological polar surface area (TPSA) is 32.3 Å². The lowest BCUT2D eigenvalue weighted by Gasteiger charge is -2.19. The summed E-state index contributed by atoms with van der Waals surface area (Å²) < 4.78 is 0. The predicted octanol–water partition coefficient (Wildman–Crippen LogP) is 4.11. The molecule has 0 saturated heterocycles. The molecule has 0 radical (unpaired) electrons. The van der Waals surface area contributed by atoms with Crippen molar-refractivity contribution in [2.24, 2.45) is 0 Å². The van der Waals surface area contributed by atoms with Crippen LogP contribution >= 0.6 is 11.6 Å². The Morgan fingerprint density at radius 2 is 1.72 bits per heavy atom. The summed E-state index contributed by atoms with van der Waals surface area (Å²) in [5.74, 6) is 0. The Kier molecular flexibility index (Phi) is 2.68. The van der Waals surface area contributed by atoms with Gasteiger partial charge in [0, 0.05) is 5.69 Å². The van der Waals surface area contributed by atoms with Crippen LogP contribution in [0.3, 0.4) is 0 Å². The molecule has 0 fully saturated rings. The van der Waals surface area contributed by atoms with Gasteiger partial charge in [0.05, 0.1) is 17.9 Å². The number of anilines is 3. The molecule has 4 heteroatoms. The zero-order chi connectivity index (χ0) is 12.5. The molecular weight excluding hydrogens is 248 g/mol. The van der Waals surface area contributed by atoms with Crippen molar-refractivity contribution in [3.8, 4) is 0 Å². The number of amides is 1. The molecule has 1 amide bonds. The van der Waals surface area contributed by atoms with Gasteiger partial charge in [0.15, 0.2) is 0 Å². The van der Waals surface area contributed by atoms with E-state index in [0.29, 0.717) is 6.54 Å². The van der Waals surface area contributed by atoms with Gasteiger partial charge in [-0.05, 0) is 35.4 Å². The van der Waals surface area contributed by atoms with Crippen LogP contribution in [0.1, 0.15) is 5.56 Å². The Morgan fingerprint density at radius 1 is 1.06 bits per heavy atom. The standard InChI is InChI=1S/C14H11ClN2O/c15-14(18)17-9-10-5-1-2-6-11(10)16-12-7-3-4-8-13(12)17/h1-8,16H,9H2. The maximum atomic E-state index is 11.6. The number of rotatable bonds is 0. The highest BCUT2D eigenvalue weighted by Crippen LogP contribution is 2.35. The molecule has 1 aliphatic heterocycles. The molecule has 1 N–H and O–H groups in total. The molecule has 0 aliphatic carbocycles. The number of halogens is 1. The fourth-order valence-corrected chi connectivity index (χ4v) is 2.30. The molecule has 1 aliphatic rings. The number of hydrogen-bond acceptors (Lipinski definition) is 2. The second-order valence-corrected chi connectivity index (χ2v) is 4.46. The first-order chi connectivity index (χ1) is 8.75. The molecule has 0 saturated carbocycles. The van der Waals surface area contributed by atoms with Gasteiger partial charge < -0.3 is 5.32 Å². The van der Waals surface area contributed by atoms with Crippen LogP contribution < -0.4 is 10.2 Å². The van der Waals surface area contributed by atoms with Crippen LogP contribution in [0.2, 0.25) is 0 Å². The summed E-state index contributed by atoms with van der Waals surface area (Å²) in [6, 6.07) is 15.5. The Bertz CT molecular complexity index is 612. The van der Waals surface area contributed by atoms with Crippen molar-refractivity contribution in [3.63, 3.8) is 0 Å². The van der Waals surface area contributed by atoms with Crippen molar-refractivity contribution < 1.29 is 4.79 Å². The smallest absolute Gasteiger partial charge is 0.321 e. The van der Waals surface area contributed by atoms with Gasteiger partial charge in [-0.25, -0.2) is 0 Å². The molecule has 0 spiro atoms. The average Bonchev–Trinajstić information content (AvgIpc) is 2.55. The van der Waals surface area contributed by atoms with E-state index < -0.39 is 5.37 Å². The number of nitrogens with one attached hydrogen (secondary N) is 1. The zero-order valence-electron chi connectivity index (χ0n) is 9.56. The van der Waals surface area contributed by atoms with Gasteiger partial charge in [0.2, 0.25) is 0 Å². The molecule has 0 atom stereocenters. The summed E-state index contributed by atoms with van der Waals surface area (Å²) in [6.07, 6.45) is 0. The Balaban J connectivity index is 2.17. The van der Waals surface area contributed by atoms with Crippen LogP contribution in [0.4, 0.5) is 21.9 Å². The van der Waals surface area contributed by atoms with E-state index >= 15 is 0 Å². The second kappa shape index (κ2) is 4.35. The SMILES string of the molecule is O=C(Cl)N1Cc2ccccc2Nc2ccccc21. The molecule has 0 aromatic heterocycles. The summed E-state index contributed by atoms with van der Waals surface area (Å²) in [6.45, 7) is 0.475. The van der Waals surface area contributed by atoms with E-state index in [0.717, 1.165) is 22.6 Å². The van der Waals surface area contributed by atoms with E-state index in [1.54, 1.807) is 4.90 Å². The lowest BCUT2D eigenvalue weighted by molar-refractivity contribution is 0.264. The quantitative estimate of drug-likeness (QED) is 0.570. The molecule has 0 unspecified atom stereocenters. The Morgan fingerprint density at radius 3 is 2.50 bits per heavy atom. The largest absolute Gasteiger partial charge is 0.354 e. The van der Waals surface area contributed by atoms with Gasteiger partial charge in [-0.3, -0.25) is 9.69 Å². The van der Waals surface area contributed by atoms with Crippen molar-refractivity contribution in [1.29, 1.82) is 0 Å². The van der Waals surface area contributed by atoms with Gasteiger partial charge in [-0.15, -0.1) is 0 Å². The van der Waals surface area contributed by atoms with Crippen molar-refractivity contribution in [3.05, 3.63) is 54.1 Å². The highest BCUT2D eigenvalue weighted by molar-refractivity contribution is 6.66. The predicted molar refractivity (Wildman–Crippen MR) is 73.6 cm³/mol. The number of nitrogens with zero attached hydrogens (tertiary/aromatic N) is 1. The number of benzene rings is 2. The minimum Gasteiger partial charge on any atom is -0.354 e. The highest BCUT2D eigenvalue weighted by atomic mass is 35.5. The number of fused-ring (bicyclic) bond motifs is 2. The molecule has 2 aromatic carbocycles. The molecule has 3 nitrogen and oxygen atoms in total. The van der Waals surface area contributed by atoms with E-state index in [4.69, 9.17) is 11.6 Å². The molecule has 0 bridgehead atoms. The first kappa shape index (κ1) is 11.1. The van der Waals surface area contributed by atoms with Gasteiger partial charge >= 0.3 is 5.37 Å². The van der Waals surface area contributed by atoms with Crippen molar-refractivity contribution in [2.45, 2.75) is 6.54 Å². The summed E-state index contributed by atoms with van der Waals surface area (Å²) >= 11 is 5.68.